The molecule has 0 aliphatic heterocycles. The predicted molar refractivity (Wildman–Crippen MR) is 121 cm³/mol. The molecule has 2 N–H and O–H groups in total. The molecule has 148 valence electrons. The zero-order valence-corrected chi connectivity index (χ0v) is 19.4. The molecule has 0 saturated carbocycles. The Labute approximate surface area is 184 Å². The van der Waals surface area contributed by atoms with E-state index in [0.29, 0.717) is 47.1 Å². The van der Waals surface area contributed by atoms with E-state index in [4.69, 9.17) is 9.47 Å². The average molecular weight is 552 g/mol. The van der Waals surface area contributed by atoms with Crippen LogP contribution < -0.4 is 20.1 Å². The first kappa shape index (κ1) is 23.5. The van der Waals surface area contributed by atoms with Crippen molar-refractivity contribution < 1.29 is 13.9 Å². The highest BCUT2D eigenvalue weighted by Gasteiger charge is 2.06. The Morgan fingerprint density at radius 3 is 2.44 bits per heavy atom. The van der Waals surface area contributed by atoms with E-state index >= 15 is 0 Å². The first-order valence-electron chi connectivity index (χ1n) is 8.24. The van der Waals surface area contributed by atoms with Crippen molar-refractivity contribution in [2.75, 3.05) is 20.8 Å². The van der Waals surface area contributed by atoms with E-state index in [1.807, 2.05) is 31.2 Å². The van der Waals surface area contributed by atoms with Crippen LogP contribution in [0.3, 0.4) is 0 Å². The van der Waals surface area contributed by atoms with Crippen LogP contribution in [0.4, 0.5) is 4.39 Å². The summed E-state index contributed by atoms with van der Waals surface area (Å²) in [6.07, 6.45) is 0. The molecule has 0 radical (unpaired) electrons. The highest BCUT2D eigenvalue weighted by atomic mass is 127. The van der Waals surface area contributed by atoms with E-state index < -0.39 is 0 Å². The smallest absolute Gasteiger partial charge is 0.191 e. The van der Waals surface area contributed by atoms with Crippen LogP contribution in [0.25, 0.3) is 0 Å². The second-order valence-corrected chi connectivity index (χ2v) is 6.39. The third-order valence-corrected chi connectivity index (χ3v) is 4.17. The van der Waals surface area contributed by atoms with Gasteiger partial charge in [-0.1, -0.05) is 28.1 Å². The van der Waals surface area contributed by atoms with E-state index in [0.717, 1.165) is 5.56 Å². The molecule has 0 bridgehead atoms. The summed E-state index contributed by atoms with van der Waals surface area (Å²) in [6.45, 7) is 3.49. The number of ether oxygens (including phenoxy) is 2. The molecule has 5 nitrogen and oxygen atoms in total. The van der Waals surface area contributed by atoms with Crippen molar-refractivity contribution in [1.82, 2.24) is 10.6 Å². The fraction of sp³-hybridized carbons (Fsp3) is 0.316. The number of nitrogens with zero attached hydrogens (tertiary/aromatic N) is 1. The number of methoxy groups -OCH3 is 2. The molecule has 0 aromatic heterocycles. The van der Waals surface area contributed by atoms with E-state index in [9.17, 15) is 4.39 Å². The number of guanidine groups is 1. The summed E-state index contributed by atoms with van der Waals surface area (Å²) in [4.78, 5) is 4.54. The number of aliphatic imine (C=N–C) groups is 1. The number of halogens is 3. The molecule has 0 heterocycles. The van der Waals surface area contributed by atoms with Crippen molar-refractivity contribution in [3.63, 3.8) is 0 Å². The summed E-state index contributed by atoms with van der Waals surface area (Å²) in [5.41, 5.74) is 1.56. The van der Waals surface area contributed by atoms with Crippen LogP contribution in [0.15, 0.2) is 45.9 Å². The third-order valence-electron chi connectivity index (χ3n) is 3.67. The van der Waals surface area contributed by atoms with Crippen LogP contribution in [0.5, 0.6) is 11.5 Å². The summed E-state index contributed by atoms with van der Waals surface area (Å²) in [7, 11) is 3.20. The lowest BCUT2D eigenvalue weighted by Gasteiger charge is -2.13. The van der Waals surface area contributed by atoms with Gasteiger partial charge in [-0.2, -0.15) is 0 Å². The molecular formula is C19H24BrFIN3O2. The minimum atomic E-state index is -0.261. The van der Waals surface area contributed by atoms with Crippen molar-refractivity contribution in [2.24, 2.45) is 4.99 Å². The second-order valence-electron chi connectivity index (χ2n) is 5.47. The Bertz CT molecular complexity index is 775. The molecule has 0 spiro atoms. The van der Waals surface area contributed by atoms with Gasteiger partial charge in [0.25, 0.3) is 0 Å². The molecule has 2 aromatic carbocycles. The maximum Gasteiger partial charge on any atom is 0.191 e. The Kier molecular flexibility index (Phi) is 10.5. The lowest BCUT2D eigenvalue weighted by Crippen LogP contribution is -2.37. The van der Waals surface area contributed by atoms with Gasteiger partial charge in [0.15, 0.2) is 17.5 Å². The maximum atomic E-state index is 13.9. The molecule has 0 aliphatic carbocycles. The molecule has 0 atom stereocenters. The minimum absolute atomic E-state index is 0. The van der Waals surface area contributed by atoms with E-state index in [1.54, 1.807) is 20.3 Å². The van der Waals surface area contributed by atoms with Crippen LogP contribution in [0, 0.1) is 5.82 Å². The van der Waals surface area contributed by atoms with Gasteiger partial charge < -0.3 is 20.1 Å². The highest BCUT2D eigenvalue weighted by Crippen LogP contribution is 2.27. The van der Waals surface area contributed by atoms with Crippen molar-refractivity contribution in [2.45, 2.75) is 20.0 Å². The first-order valence-corrected chi connectivity index (χ1v) is 9.03. The average Bonchev–Trinajstić information content (AvgIpc) is 2.64. The zero-order valence-electron chi connectivity index (χ0n) is 15.5. The Morgan fingerprint density at radius 1 is 1.07 bits per heavy atom. The normalized spacial score (nSPS) is 10.8. The molecule has 0 amide bonds. The predicted octanol–water partition coefficient (Wildman–Crippen LogP) is 4.48. The Balaban J connectivity index is 0.00000364. The van der Waals surface area contributed by atoms with Crippen LogP contribution in [-0.2, 0) is 13.1 Å². The van der Waals surface area contributed by atoms with Gasteiger partial charge >= 0.3 is 0 Å². The number of hydrogen-bond donors (Lipinski definition) is 2. The monoisotopic (exact) mass is 551 g/mol. The van der Waals surface area contributed by atoms with E-state index in [2.05, 4.69) is 31.6 Å². The summed E-state index contributed by atoms with van der Waals surface area (Å²) in [5, 5.41) is 6.30. The lowest BCUT2D eigenvalue weighted by molar-refractivity contribution is 0.354. The van der Waals surface area contributed by atoms with Gasteiger partial charge in [0.2, 0.25) is 0 Å². The lowest BCUT2D eigenvalue weighted by atomic mass is 10.2. The molecule has 0 fully saturated rings. The summed E-state index contributed by atoms with van der Waals surface area (Å²) in [6, 6.07) is 10.7. The number of hydrogen-bond acceptors (Lipinski definition) is 3. The number of rotatable bonds is 7. The molecule has 2 aromatic rings. The van der Waals surface area contributed by atoms with Crippen molar-refractivity contribution in [3.05, 3.63) is 57.8 Å². The van der Waals surface area contributed by atoms with Crippen LogP contribution in [-0.4, -0.2) is 26.7 Å². The van der Waals surface area contributed by atoms with Crippen LogP contribution >= 0.6 is 39.9 Å². The standard InChI is InChI=1S/C19H23BrFN3O2.HI/c1-4-22-19(24-12-14-6-7-15(20)10-16(14)21)23-11-13-5-8-17(25-2)18(9-13)26-3;/h5-10H,4,11-12H2,1-3H3,(H2,22,23,24);1H. The van der Waals surface area contributed by atoms with Crippen molar-refractivity contribution >= 4 is 45.9 Å². The van der Waals surface area contributed by atoms with Crippen LogP contribution in [0.1, 0.15) is 18.1 Å². The van der Waals surface area contributed by atoms with Gasteiger partial charge in [0.1, 0.15) is 5.82 Å². The topological polar surface area (TPSA) is 54.9 Å². The molecule has 27 heavy (non-hydrogen) atoms. The molecule has 0 saturated heterocycles. The molecule has 8 heteroatoms. The van der Waals surface area contributed by atoms with E-state index in [-0.39, 0.29) is 29.8 Å². The SMILES string of the molecule is CCNC(=NCc1ccc(OC)c(OC)c1)NCc1ccc(Br)cc1F.I. The van der Waals surface area contributed by atoms with Crippen LogP contribution in [0.2, 0.25) is 0 Å². The van der Waals surface area contributed by atoms with Crippen molar-refractivity contribution in [3.8, 4) is 11.5 Å². The fourth-order valence-corrected chi connectivity index (χ4v) is 2.67. The number of nitrogens with one attached hydrogen (secondary N) is 2. The molecule has 2 rings (SSSR count). The Morgan fingerprint density at radius 2 is 1.81 bits per heavy atom. The highest BCUT2D eigenvalue weighted by molar-refractivity contribution is 14.0. The minimum Gasteiger partial charge on any atom is -0.493 e. The summed E-state index contributed by atoms with van der Waals surface area (Å²) in [5.74, 6) is 1.69. The summed E-state index contributed by atoms with van der Waals surface area (Å²) < 4.78 is 25.2. The van der Waals surface area contributed by atoms with Gasteiger partial charge in [-0.25, -0.2) is 9.38 Å². The maximum absolute atomic E-state index is 13.9. The quantitative estimate of drug-likeness (QED) is 0.303. The molecular weight excluding hydrogens is 528 g/mol. The molecule has 0 unspecified atom stereocenters. The zero-order chi connectivity index (χ0) is 18.9. The third kappa shape index (κ3) is 7.17. The van der Waals surface area contributed by atoms with Gasteiger partial charge in [-0.05, 0) is 36.8 Å². The second kappa shape index (κ2) is 12.0. The van der Waals surface area contributed by atoms with Gasteiger partial charge in [0, 0.05) is 23.1 Å². The van der Waals surface area contributed by atoms with Gasteiger partial charge in [0.05, 0.1) is 20.8 Å². The van der Waals surface area contributed by atoms with Gasteiger partial charge in [-0.3, -0.25) is 0 Å². The Hall–Kier alpha value is -1.55. The van der Waals surface area contributed by atoms with Crippen molar-refractivity contribution in [1.29, 1.82) is 0 Å². The largest absolute Gasteiger partial charge is 0.493 e. The molecule has 0 aliphatic rings. The van der Waals surface area contributed by atoms with Gasteiger partial charge in [-0.15, -0.1) is 24.0 Å². The number of benzene rings is 2. The first-order chi connectivity index (χ1) is 12.6. The fourth-order valence-electron chi connectivity index (χ4n) is 2.34. The summed E-state index contributed by atoms with van der Waals surface area (Å²) >= 11 is 3.26. The van der Waals surface area contributed by atoms with E-state index in [1.165, 1.54) is 6.07 Å².